The van der Waals surface area contributed by atoms with Gasteiger partial charge in [-0.3, -0.25) is 0 Å². The minimum absolute atomic E-state index is 0.00833. The Kier molecular flexibility index (Phi) is 3.99. The van der Waals surface area contributed by atoms with Crippen molar-refractivity contribution in [3.63, 3.8) is 0 Å². The molecule has 0 aliphatic carbocycles. The first-order chi connectivity index (χ1) is 10.5. The topological polar surface area (TPSA) is 34.1 Å². The van der Waals surface area contributed by atoms with Crippen LogP contribution in [0.2, 0.25) is 0 Å². The van der Waals surface area contributed by atoms with Crippen molar-refractivity contribution in [2.45, 2.75) is 11.8 Å². The molecule has 0 unspecified atom stereocenters. The van der Waals surface area contributed by atoms with Crippen LogP contribution < -0.4 is 0 Å². The van der Waals surface area contributed by atoms with E-state index in [9.17, 15) is 8.42 Å². The molecule has 111 valence electrons. The summed E-state index contributed by atoms with van der Waals surface area (Å²) in [6.45, 7) is 1.94. The molecule has 0 fully saturated rings. The zero-order valence-electron chi connectivity index (χ0n) is 12.4. The highest BCUT2D eigenvalue weighted by molar-refractivity contribution is 7.91. The van der Waals surface area contributed by atoms with Gasteiger partial charge in [-0.05, 0) is 35.4 Å². The second kappa shape index (κ2) is 5.93. The van der Waals surface area contributed by atoms with Crippen molar-refractivity contribution < 1.29 is 8.42 Å². The molecule has 3 aromatic carbocycles. The summed E-state index contributed by atoms with van der Waals surface area (Å²) >= 11 is 0. The first kappa shape index (κ1) is 14.8. The Hall–Kier alpha value is -2.13. The van der Waals surface area contributed by atoms with Gasteiger partial charge in [0, 0.05) is 6.42 Å². The molecule has 2 nitrogen and oxygen atoms in total. The van der Waals surface area contributed by atoms with Crippen LogP contribution in [0.5, 0.6) is 0 Å². The van der Waals surface area contributed by atoms with E-state index in [4.69, 9.17) is 0 Å². The fourth-order valence-electron chi connectivity index (χ4n) is 2.38. The lowest BCUT2D eigenvalue weighted by molar-refractivity contribution is 0.598. The van der Waals surface area contributed by atoms with Gasteiger partial charge in [-0.15, -0.1) is 0 Å². The van der Waals surface area contributed by atoms with Crippen molar-refractivity contribution in [3.8, 4) is 0 Å². The predicted octanol–water partition coefficient (Wildman–Crippen LogP) is 4.17. The van der Waals surface area contributed by atoms with Crippen LogP contribution in [0, 0.1) is 13.3 Å². The Morgan fingerprint density at radius 1 is 0.864 bits per heavy atom. The molecule has 0 bridgehead atoms. The average molecular weight is 309 g/mol. The Labute approximate surface area is 131 Å². The zero-order valence-corrected chi connectivity index (χ0v) is 13.2. The summed E-state index contributed by atoms with van der Waals surface area (Å²) in [7, 11) is -3.28. The predicted molar refractivity (Wildman–Crippen MR) is 90.6 cm³/mol. The molecule has 0 heterocycles. The maximum absolute atomic E-state index is 12.3. The SMILES string of the molecule is Cc1ccc(S(=O)(=O)C[CH]c2ccc3ccccc3c2)cc1. The lowest BCUT2D eigenvalue weighted by Gasteiger charge is -2.06. The number of hydrogen-bond acceptors (Lipinski definition) is 2. The fraction of sp³-hybridized carbons (Fsp3) is 0.105. The lowest BCUT2D eigenvalue weighted by atomic mass is 10.1. The molecule has 22 heavy (non-hydrogen) atoms. The van der Waals surface area contributed by atoms with Crippen molar-refractivity contribution in [3.05, 3.63) is 84.3 Å². The van der Waals surface area contributed by atoms with Gasteiger partial charge in [0.15, 0.2) is 9.84 Å². The minimum Gasteiger partial charge on any atom is -0.224 e. The molecule has 0 saturated heterocycles. The summed E-state index contributed by atoms with van der Waals surface area (Å²) in [4.78, 5) is 0.370. The molecule has 0 saturated carbocycles. The van der Waals surface area contributed by atoms with Gasteiger partial charge < -0.3 is 0 Å². The quantitative estimate of drug-likeness (QED) is 0.724. The molecule has 0 spiro atoms. The molecule has 0 aliphatic heterocycles. The van der Waals surface area contributed by atoms with E-state index in [2.05, 4.69) is 0 Å². The third-order valence-electron chi connectivity index (χ3n) is 3.69. The van der Waals surface area contributed by atoms with E-state index in [0.29, 0.717) is 4.90 Å². The molecular weight excluding hydrogens is 292 g/mol. The van der Waals surface area contributed by atoms with Crippen LogP contribution in [0.1, 0.15) is 11.1 Å². The number of hydrogen-bond donors (Lipinski definition) is 0. The number of benzene rings is 3. The van der Waals surface area contributed by atoms with Gasteiger partial charge in [-0.1, -0.05) is 60.2 Å². The lowest BCUT2D eigenvalue weighted by Crippen LogP contribution is -2.07. The molecule has 3 rings (SSSR count). The van der Waals surface area contributed by atoms with Gasteiger partial charge in [0.2, 0.25) is 0 Å². The van der Waals surface area contributed by atoms with Crippen LogP contribution in [0.15, 0.2) is 71.6 Å². The molecule has 1 radical (unpaired) electrons. The van der Waals surface area contributed by atoms with E-state index in [1.54, 1.807) is 18.6 Å². The zero-order chi connectivity index (χ0) is 15.6. The summed E-state index contributed by atoms with van der Waals surface area (Å²) in [6, 6.07) is 21.0. The number of aryl methyl sites for hydroxylation is 1. The summed E-state index contributed by atoms with van der Waals surface area (Å²) in [5, 5.41) is 2.27. The summed E-state index contributed by atoms with van der Waals surface area (Å²) in [5.74, 6) is 0.00833. The van der Waals surface area contributed by atoms with Crippen molar-refractivity contribution in [1.82, 2.24) is 0 Å². The molecule has 3 heteroatoms. The normalized spacial score (nSPS) is 11.7. The number of fused-ring (bicyclic) bond motifs is 1. The Bertz CT molecular complexity index is 894. The first-order valence-electron chi connectivity index (χ1n) is 7.16. The maximum atomic E-state index is 12.3. The van der Waals surface area contributed by atoms with Crippen LogP contribution in [-0.2, 0) is 9.84 Å². The molecule has 0 N–H and O–H groups in total. The second-order valence-electron chi connectivity index (χ2n) is 5.41. The van der Waals surface area contributed by atoms with Crippen LogP contribution >= 0.6 is 0 Å². The second-order valence-corrected chi connectivity index (χ2v) is 7.44. The van der Waals surface area contributed by atoms with Crippen LogP contribution in [0.3, 0.4) is 0 Å². The number of rotatable bonds is 4. The van der Waals surface area contributed by atoms with Crippen molar-refractivity contribution >= 4 is 20.6 Å². The maximum Gasteiger partial charge on any atom is 0.178 e. The van der Waals surface area contributed by atoms with Crippen LogP contribution in [0.4, 0.5) is 0 Å². The summed E-state index contributed by atoms with van der Waals surface area (Å²) < 4.78 is 24.7. The van der Waals surface area contributed by atoms with E-state index in [1.807, 2.05) is 61.5 Å². The molecule has 3 aromatic rings. The third kappa shape index (κ3) is 3.20. The smallest absolute Gasteiger partial charge is 0.178 e. The molecule has 0 aliphatic rings. The highest BCUT2D eigenvalue weighted by Gasteiger charge is 2.14. The average Bonchev–Trinajstić information content (AvgIpc) is 2.53. The Balaban J connectivity index is 1.79. The van der Waals surface area contributed by atoms with E-state index in [-0.39, 0.29) is 5.75 Å². The molecule has 0 aromatic heterocycles. The summed E-state index contributed by atoms with van der Waals surface area (Å²) in [5.41, 5.74) is 1.98. The molecule has 0 amide bonds. The fourth-order valence-corrected chi connectivity index (χ4v) is 3.54. The largest absolute Gasteiger partial charge is 0.224 e. The van der Waals surface area contributed by atoms with E-state index < -0.39 is 9.84 Å². The third-order valence-corrected chi connectivity index (χ3v) is 5.29. The van der Waals surface area contributed by atoms with Gasteiger partial charge in [-0.2, -0.15) is 0 Å². The van der Waals surface area contributed by atoms with Gasteiger partial charge >= 0.3 is 0 Å². The highest BCUT2D eigenvalue weighted by atomic mass is 32.2. The van der Waals surface area contributed by atoms with Crippen LogP contribution in [0.25, 0.3) is 10.8 Å². The van der Waals surface area contributed by atoms with Crippen molar-refractivity contribution in [2.24, 2.45) is 0 Å². The number of sulfone groups is 1. The van der Waals surface area contributed by atoms with Crippen molar-refractivity contribution in [2.75, 3.05) is 5.75 Å². The monoisotopic (exact) mass is 309 g/mol. The molecular formula is C19H17O2S. The van der Waals surface area contributed by atoms with Gasteiger partial charge in [-0.25, -0.2) is 8.42 Å². The molecule has 0 atom stereocenters. The van der Waals surface area contributed by atoms with Crippen molar-refractivity contribution in [1.29, 1.82) is 0 Å². The van der Waals surface area contributed by atoms with E-state index in [1.165, 1.54) is 0 Å². The summed E-state index contributed by atoms with van der Waals surface area (Å²) in [6.07, 6.45) is 1.77. The highest BCUT2D eigenvalue weighted by Crippen LogP contribution is 2.19. The minimum atomic E-state index is -3.28. The van der Waals surface area contributed by atoms with Gasteiger partial charge in [0.05, 0.1) is 10.6 Å². The standard InChI is InChI=1S/C19H17O2S/c1-15-6-10-19(11-7-15)22(20,21)13-12-16-8-9-17-4-2-3-5-18(17)14-16/h2-12,14H,13H2,1H3. The van der Waals surface area contributed by atoms with Crippen LogP contribution in [-0.4, -0.2) is 14.2 Å². The Morgan fingerprint density at radius 2 is 1.55 bits per heavy atom. The first-order valence-corrected chi connectivity index (χ1v) is 8.81. The van der Waals surface area contributed by atoms with Gasteiger partial charge in [0.25, 0.3) is 0 Å². The Morgan fingerprint density at radius 3 is 2.27 bits per heavy atom. The van der Waals surface area contributed by atoms with E-state index >= 15 is 0 Å². The van der Waals surface area contributed by atoms with Gasteiger partial charge in [0.1, 0.15) is 0 Å². The van der Waals surface area contributed by atoms with E-state index in [0.717, 1.165) is 21.9 Å².